The molecule has 1 aromatic rings. The van der Waals surface area contributed by atoms with Crippen LogP contribution >= 0.6 is 12.8 Å². The number of para-hydroxylation sites is 1. The second-order valence-electron chi connectivity index (χ2n) is 8.07. The molecule has 3 aliphatic heterocycles. The lowest BCUT2D eigenvalue weighted by Crippen LogP contribution is -2.54. The van der Waals surface area contributed by atoms with Crippen molar-refractivity contribution in [1.82, 2.24) is 15.2 Å². The van der Waals surface area contributed by atoms with E-state index in [1.54, 1.807) is 12.2 Å². The minimum Gasteiger partial charge on any atom is -0.459 e. The Balaban J connectivity index is 1.66. The molecule has 3 heterocycles. The molecule has 0 spiro atoms. The van der Waals surface area contributed by atoms with Gasteiger partial charge in [-0.25, -0.2) is 5.43 Å². The number of anilines is 1. The molecule has 0 radical (unpaired) electrons. The minimum atomic E-state index is -0.0120. The molecule has 156 valence electrons. The third kappa shape index (κ3) is 3.32. The summed E-state index contributed by atoms with van der Waals surface area (Å²) in [6.45, 7) is 5.49. The van der Waals surface area contributed by atoms with Gasteiger partial charge in [0.2, 0.25) is 0 Å². The molecule has 0 fully saturated rings. The lowest BCUT2D eigenvalue weighted by Gasteiger charge is -2.37. The topological polar surface area (TPSA) is 56.8 Å². The third-order valence-corrected chi connectivity index (χ3v) is 6.32. The number of carbonyl (C=O) groups is 1. The lowest BCUT2D eigenvalue weighted by atomic mass is 9.97. The summed E-state index contributed by atoms with van der Waals surface area (Å²) in [6, 6.07) is 8.36. The molecule has 30 heavy (non-hydrogen) atoms. The van der Waals surface area contributed by atoms with Crippen molar-refractivity contribution in [3.05, 3.63) is 76.4 Å². The Labute approximate surface area is 182 Å². The molecule has 2 N–H and O–H groups in total. The molecular formula is C23H26N4O2S. The zero-order valence-electron chi connectivity index (χ0n) is 17.2. The van der Waals surface area contributed by atoms with Crippen molar-refractivity contribution in [1.29, 1.82) is 0 Å². The van der Waals surface area contributed by atoms with Crippen molar-refractivity contribution >= 4 is 24.3 Å². The summed E-state index contributed by atoms with van der Waals surface area (Å²) in [5, 5.41) is 3.58. The Hall–Kier alpha value is -2.32. The predicted molar refractivity (Wildman–Crippen MR) is 120 cm³/mol. The van der Waals surface area contributed by atoms with Crippen molar-refractivity contribution in [2.45, 2.75) is 38.9 Å². The number of thiol groups is 1. The highest BCUT2D eigenvalue weighted by molar-refractivity contribution is 7.77. The Bertz CT molecular complexity index is 1030. The van der Waals surface area contributed by atoms with Crippen molar-refractivity contribution in [2.24, 2.45) is 0 Å². The number of carbonyl (C=O) groups excluding carboxylic acids is 1. The van der Waals surface area contributed by atoms with Gasteiger partial charge in [-0.3, -0.25) is 10.1 Å². The largest absolute Gasteiger partial charge is 0.459 e. The number of ether oxygens (including phenoxy) is 1. The van der Waals surface area contributed by atoms with Crippen LogP contribution in [0.2, 0.25) is 0 Å². The fourth-order valence-corrected chi connectivity index (χ4v) is 4.95. The number of hydrogen-bond acceptors (Lipinski definition) is 7. The Morgan fingerprint density at radius 3 is 2.93 bits per heavy atom. The first-order valence-corrected chi connectivity index (χ1v) is 10.8. The molecular weight excluding hydrogens is 396 g/mol. The molecule has 0 amide bonds. The van der Waals surface area contributed by atoms with Gasteiger partial charge in [-0.2, -0.15) is 4.41 Å². The van der Waals surface area contributed by atoms with Gasteiger partial charge in [-0.05, 0) is 37.1 Å². The van der Waals surface area contributed by atoms with Crippen LogP contribution in [0.25, 0.3) is 0 Å². The van der Waals surface area contributed by atoms with Crippen molar-refractivity contribution in [3.8, 4) is 0 Å². The number of hydrogen-bond donors (Lipinski definition) is 3. The number of nitrogens with zero attached hydrogens (tertiary/aromatic N) is 2. The molecule has 1 aliphatic carbocycles. The first-order chi connectivity index (χ1) is 14.5. The molecule has 0 saturated carbocycles. The maximum absolute atomic E-state index is 12.9. The van der Waals surface area contributed by atoms with Crippen molar-refractivity contribution < 1.29 is 9.53 Å². The highest BCUT2D eigenvalue weighted by atomic mass is 32.1. The monoisotopic (exact) mass is 422 g/mol. The van der Waals surface area contributed by atoms with Gasteiger partial charge in [0, 0.05) is 29.9 Å². The quantitative estimate of drug-likeness (QED) is 0.605. The smallest absolute Gasteiger partial charge is 0.191 e. The Morgan fingerprint density at radius 2 is 2.10 bits per heavy atom. The number of allylic oxidation sites excluding steroid dienone is 5. The molecule has 1 aromatic carbocycles. The van der Waals surface area contributed by atoms with E-state index in [-0.39, 0.29) is 18.0 Å². The molecule has 6 nitrogen and oxygen atoms in total. The SMILES string of the molecule is CCC1NC(C)C2=C(CN(S)N1)CN1/C(=C3/C(=O)C=CC=C3O2)Cc2ccccc21. The average Bonchev–Trinajstić information content (AvgIpc) is 3.06. The summed E-state index contributed by atoms with van der Waals surface area (Å²) in [7, 11) is 0. The van der Waals surface area contributed by atoms with Gasteiger partial charge in [-0.1, -0.05) is 44.0 Å². The van der Waals surface area contributed by atoms with Gasteiger partial charge in [-0.15, -0.1) is 0 Å². The Kier molecular flexibility index (Phi) is 5.06. The summed E-state index contributed by atoms with van der Waals surface area (Å²) in [5.41, 5.74) is 8.59. The second kappa shape index (κ2) is 7.74. The summed E-state index contributed by atoms with van der Waals surface area (Å²) in [5.74, 6) is 1.49. The highest BCUT2D eigenvalue weighted by Gasteiger charge is 2.36. The molecule has 4 aliphatic rings. The van der Waals surface area contributed by atoms with E-state index in [0.29, 0.717) is 24.4 Å². The standard InChI is InChI=1S/C23H26N4O2S/c1-3-21-24-14(2)23-16(13-27(30)25-21)12-26-17-8-5-4-7-15(17)11-18(26)22-19(28)9-6-10-20(22)29-23/h4-10,14,21,24-25,30H,3,11-13H2,1-2H3/b22-18-,23-16?. The number of hydrazine groups is 1. The van der Waals surface area contributed by atoms with Gasteiger partial charge >= 0.3 is 0 Å². The van der Waals surface area contributed by atoms with Crippen LogP contribution in [0, 0.1) is 0 Å². The van der Waals surface area contributed by atoms with Gasteiger partial charge in [0.05, 0.1) is 24.3 Å². The van der Waals surface area contributed by atoms with Gasteiger partial charge < -0.3 is 9.64 Å². The van der Waals surface area contributed by atoms with E-state index in [1.807, 2.05) is 10.5 Å². The Morgan fingerprint density at radius 1 is 1.27 bits per heavy atom. The fourth-order valence-electron chi connectivity index (χ4n) is 4.64. The molecule has 2 atom stereocenters. The van der Waals surface area contributed by atoms with Crippen molar-refractivity contribution in [3.63, 3.8) is 0 Å². The molecule has 0 bridgehead atoms. The molecule has 0 aromatic heterocycles. The lowest BCUT2D eigenvalue weighted by molar-refractivity contribution is -0.111. The minimum absolute atomic E-state index is 0.000245. The molecule has 7 heteroatoms. The van der Waals surface area contributed by atoms with Crippen LogP contribution < -0.4 is 15.6 Å². The molecule has 2 unspecified atom stereocenters. The van der Waals surface area contributed by atoms with Crippen LogP contribution in [0.5, 0.6) is 0 Å². The van der Waals surface area contributed by atoms with E-state index < -0.39 is 0 Å². The maximum Gasteiger partial charge on any atom is 0.191 e. The van der Waals surface area contributed by atoms with E-state index in [9.17, 15) is 4.79 Å². The second-order valence-corrected chi connectivity index (χ2v) is 8.56. The van der Waals surface area contributed by atoms with E-state index in [1.165, 1.54) is 5.56 Å². The fraction of sp³-hybridized carbons (Fsp3) is 0.348. The van der Waals surface area contributed by atoms with E-state index in [0.717, 1.165) is 35.6 Å². The zero-order chi connectivity index (χ0) is 20.8. The number of benzene rings is 1. The number of fused-ring (bicyclic) bond motifs is 4. The van der Waals surface area contributed by atoms with Gasteiger partial charge in [0.1, 0.15) is 11.5 Å². The van der Waals surface area contributed by atoms with Crippen LogP contribution in [0.4, 0.5) is 5.69 Å². The van der Waals surface area contributed by atoms with E-state index in [4.69, 9.17) is 4.74 Å². The normalized spacial score (nSPS) is 29.0. The van der Waals surface area contributed by atoms with Crippen LogP contribution in [0.3, 0.4) is 0 Å². The van der Waals surface area contributed by atoms with E-state index in [2.05, 4.69) is 66.6 Å². The average molecular weight is 423 g/mol. The maximum atomic E-state index is 12.9. The number of rotatable bonds is 1. The van der Waals surface area contributed by atoms with Gasteiger partial charge in [0.15, 0.2) is 5.78 Å². The number of ketones is 1. The summed E-state index contributed by atoms with van der Waals surface area (Å²) in [4.78, 5) is 15.2. The van der Waals surface area contributed by atoms with Crippen LogP contribution in [0.15, 0.2) is 70.9 Å². The van der Waals surface area contributed by atoms with E-state index >= 15 is 0 Å². The third-order valence-electron chi connectivity index (χ3n) is 6.06. The first-order valence-electron chi connectivity index (χ1n) is 10.4. The van der Waals surface area contributed by atoms with Crippen LogP contribution in [0.1, 0.15) is 25.8 Å². The van der Waals surface area contributed by atoms with Crippen LogP contribution in [-0.2, 0) is 16.0 Å². The highest BCUT2D eigenvalue weighted by Crippen LogP contribution is 2.41. The molecule has 5 rings (SSSR count). The first kappa shape index (κ1) is 19.6. The zero-order valence-corrected chi connectivity index (χ0v) is 18.1. The molecule has 0 saturated heterocycles. The summed E-state index contributed by atoms with van der Waals surface area (Å²) >= 11 is 4.64. The summed E-state index contributed by atoms with van der Waals surface area (Å²) in [6.07, 6.45) is 7.02. The van der Waals surface area contributed by atoms with Crippen molar-refractivity contribution in [2.75, 3.05) is 18.0 Å². The summed E-state index contributed by atoms with van der Waals surface area (Å²) < 4.78 is 8.32. The van der Waals surface area contributed by atoms with Crippen LogP contribution in [-0.4, -0.2) is 35.5 Å². The van der Waals surface area contributed by atoms with Gasteiger partial charge in [0.25, 0.3) is 0 Å². The predicted octanol–water partition coefficient (Wildman–Crippen LogP) is 2.99. The number of nitrogens with one attached hydrogen (secondary N) is 2.